The fourth-order valence-electron chi connectivity index (χ4n) is 4.81. The predicted molar refractivity (Wildman–Crippen MR) is 98.4 cm³/mol. The Kier molecular flexibility index (Phi) is 4.46. The molecule has 3 heterocycles. The Morgan fingerprint density at radius 1 is 1.16 bits per heavy atom. The van der Waals surface area contributed by atoms with Crippen molar-refractivity contribution in [2.45, 2.75) is 57.7 Å². The number of piperidine rings is 2. The van der Waals surface area contributed by atoms with Crippen LogP contribution in [0.4, 0.5) is 0 Å². The van der Waals surface area contributed by atoms with E-state index in [2.05, 4.69) is 40.3 Å². The smallest absolute Gasteiger partial charge is 0.169 e. The van der Waals surface area contributed by atoms with Crippen molar-refractivity contribution >= 4 is 5.78 Å². The summed E-state index contributed by atoms with van der Waals surface area (Å²) in [4.78, 5) is 15.7. The van der Waals surface area contributed by atoms with Gasteiger partial charge < -0.3 is 0 Å². The van der Waals surface area contributed by atoms with E-state index in [0.717, 1.165) is 30.6 Å². The van der Waals surface area contributed by atoms with Gasteiger partial charge in [-0.25, -0.2) is 0 Å². The van der Waals surface area contributed by atoms with Crippen LogP contribution in [0.3, 0.4) is 0 Å². The van der Waals surface area contributed by atoms with Crippen LogP contribution in [-0.4, -0.2) is 32.5 Å². The molecule has 2 aliphatic rings. The Hall–Kier alpha value is -1.94. The number of aryl methyl sites for hydroxylation is 2. The minimum Gasteiger partial charge on any atom is -0.294 e. The van der Waals surface area contributed by atoms with Crippen LogP contribution in [0.1, 0.15) is 53.7 Å². The second-order valence-corrected chi connectivity index (χ2v) is 7.73. The van der Waals surface area contributed by atoms with Crippen molar-refractivity contribution in [1.29, 1.82) is 0 Å². The molecule has 0 spiro atoms. The van der Waals surface area contributed by atoms with E-state index in [4.69, 9.17) is 0 Å². The summed E-state index contributed by atoms with van der Waals surface area (Å²) in [6.45, 7) is 2.96. The average molecular weight is 337 g/mol. The molecule has 4 nitrogen and oxygen atoms in total. The van der Waals surface area contributed by atoms with Crippen molar-refractivity contribution in [2.75, 3.05) is 0 Å². The first-order chi connectivity index (χ1) is 12.1. The number of fused-ring (bicyclic) bond motifs is 2. The minimum atomic E-state index is 0.158. The molecular weight excluding hydrogens is 310 g/mol. The summed E-state index contributed by atoms with van der Waals surface area (Å²) >= 11 is 0. The summed E-state index contributed by atoms with van der Waals surface area (Å²) in [5, 5.41) is 4.36. The molecule has 2 aliphatic heterocycles. The van der Waals surface area contributed by atoms with Crippen molar-refractivity contribution in [3.8, 4) is 0 Å². The zero-order valence-electron chi connectivity index (χ0n) is 15.2. The topological polar surface area (TPSA) is 38.1 Å². The van der Waals surface area contributed by atoms with E-state index in [1.165, 1.54) is 24.8 Å². The van der Waals surface area contributed by atoms with Gasteiger partial charge in [0, 0.05) is 37.8 Å². The Labute approximate surface area is 149 Å². The molecule has 2 saturated heterocycles. The number of hydrogen-bond donors (Lipinski definition) is 0. The SMILES string of the molecule is Cc1nn(C)cc1C(=O)C1CC2CCCC(C1)N2Cc1ccccc1. The molecule has 2 unspecified atom stereocenters. The van der Waals surface area contributed by atoms with Crippen LogP contribution in [0.25, 0.3) is 0 Å². The number of nitrogens with zero attached hydrogens (tertiary/aromatic N) is 3. The maximum absolute atomic E-state index is 13.1. The Balaban J connectivity index is 1.51. The van der Waals surface area contributed by atoms with E-state index in [-0.39, 0.29) is 5.92 Å². The number of Topliss-reactive ketones (excluding diaryl/α,β-unsaturated/α-hetero) is 1. The third-order valence-corrected chi connectivity index (χ3v) is 5.98. The monoisotopic (exact) mass is 337 g/mol. The minimum absolute atomic E-state index is 0.158. The largest absolute Gasteiger partial charge is 0.294 e. The summed E-state index contributed by atoms with van der Waals surface area (Å²) < 4.78 is 1.76. The lowest BCUT2D eigenvalue weighted by Crippen LogP contribution is -2.52. The van der Waals surface area contributed by atoms with E-state index in [1.807, 2.05) is 20.2 Å². The average Bonchev–Trinajstić information content (AvgIpc) is 2.93. The number of aromatic nitrogens is 2. The highest BCUT2D eigenvalue weighted by Crippen LogP contribution is 2.39. The highest BCUT2D eigenvalue weighted by atomic mass is 16.1. The molecule has 0 aliphatic carbocycles. The van der Waals surface area contributed by atoms with E-state index >= 15 is 0 Å². The molecule has 1 aromatic carbocycles. The molecule has 1 aromatic heterocycles. The first kappa shape index (κ1) is 16.5. The van der Waals surface area contributed by atoms with Gasteiger partial charge in [0.15, 0.2) is 5.78 Å². The molecule has 2 aromatic rings. The van der Waals surface area contributed by atoms with Crippen LogP contribution < -0.4 is 0 Å². The van der Waals surface area contributed by atoms with Crippen molar-refractivity contribution in [2.24, 2.45) is 13.0 Å². The normalized spacial score (nSPS) is 26.6. The maximum Gasteiger partial charge on any atom is 0.169 e. The zero-order chi connectivity index (χ0) is 17.4. The number of carbonyl (C=O) groups excluding carboxylic acids is 1. The van der Waals surface area contributed by atoms with Gasteiger partial charge in [-0.15, -0.1) is 0 Å². The van der Waals surface area contributed by atoms with Crippen LogP contribution in [0.5, 0.6) is 0 Å². The van der Waals surface area contributed by atoms with E-state index in [0.29, 0.717) is 17.9 Å². The quantitative estimate of drug-likeness (QED) is 0.798. The molecule has 0 saturated carbocycles. The fraction of sp³-hybridized carbons (Fsp3) is 0.524. The molecule has 0 radical (unpaired) electrons. The lowest BCUT2D eigenvalue weighted by atomic mass is 9.75. The van der Waals surface area contributed by atoms with E-state index < -0.39 is 0 Å². The maximum atomic E-state index is 13.1. The predicted octanol–water partition coefficient (Wildman–Crippen LogP) is 3.74. The fourth-order valence-corrected chi connectivity index (χ4v) is 4.81. The lowest BCUT2D eigenvalue weighted by Gasteiger charge is -2.48. The van der Waals surface area contributed by atoms with Crippen LogP contribution >= 0.6 is 0 Å². The third-order valence-electron chi connectivity index (χ3n) is 5.98. The lowest BCUT2D eigenvalue weighted by molar-refractivity contribution is 0.00904. The molecule has 0 N–H and O–H groups in total. The van der Waals surface area contributed by atoms with Gasteiger partial charge in [0.25, 0.3) is 0 Å². The van der Waals surface area contributed by atoms with Gasteiger partial charge in [-0.1, -0.05) is 36.8 Å². The van der Waals surface area contributed by atoms with Crippen molar-refractivity contribution in [3.63, 3.8) is 0 Å². The van der Waals surface area contributed by atoms with Crippen LogP contribution in [0.15, 0.2) is 36.5 Å². The molecular formula is C21H27N3O. The molecule has 0 amide bonds. The van der Waals surface area contributed by atoms with Gasteiger partial charge >= 0.3 is 0 Å². The van der Waals surface area contributed by atoms with E-state index in [9.17, 15) is 4.79 Å². The van der Waals surface area contributed by atoms with Crippen molar-refractivity contribution < 1.29 is 4.79 Å². The molecule has 2 bridgehead atoms. The molecule has 2 fully saturated rings. The first-order valence-electron chi connectivity index (χ1n) is 9.46. The van der Waals surface area contributed by atoms with Crippen LogP contribution in [0.2, 0.25) is 0 Å². The number of hydrogen-bond acceptors (Lipinski definition) is 3. The highest BCUT2D eigenvalue weighted by Gasteiger charge is 2.41. The summed E-state index contributed by atoms with van der Waals surface area (Å²) in [7, 11) is 1.89. The number of carbonyl (C=O) groups is 1. The van der Waals surface area contributed by atoms with Gasteiger partial charge in [0.05, 0.1) is 11.3 Å². The highest BCUT2D eigenvalue weighted by molar-refractivity contribution is 5.98. The number of ketones is 1. The van der Waals surface area contributed by atoms with Gasteiger partial charge in [-0.2, -0.15) is 5.10 Å². The standard InChI is InChI=1S/C21H27N3O/c1-15-20(14-23(2)22-15)21(25)17-11-18-9-6-10-19(12-17)24(18)13-16-7-4-3-5-8-16/h3-5,7-8,14,17-19H,6,9-13H2,1-2H3. The summed E-state index contributed by atoms with van der Waals surface area (Å²) in [6.07, 6.45) is 7.63. The van der Waals surface area contributed by atoms with Gasteiger partial charge in [-0.05, 0) is 38.2 Å². The Morgan fingerprint density at radius 3 is 2.44 bits per heavy atom. The summed E-state index contributed by atoms with van der Waals surface area (Å²) in [5.41, 5.74) is 3.07. The Bertz CT molecular complexity index is 738. The van der Waals surface area contributed by atoms with Crippen LogP contribution in [-0.2, 0) is 13.6 Å². The summed E-state index contributed by atoms with van der Waals surface area (Å²) in [5.74, 6) is 0.465. The Morgan fingerprint density at radius 2 is 1.84 bits per heavy atom. The number of benzene rings is 1. The second-order valence-electron chi connectivity index (χ2n) is 7.73. The molecule has 4 rings (SSSR count). The molecule has 25 heavy (non-hydrogen) atoms. The molecule has 2 atom stereocenters. The second kappa shape index (κ2) is 6.75. The van der Waals surface area contributed by atoms with Gasteiger partial charge in [-0.3, -0.25) is 14.4 Å². The van der Waals surface area contributed by atoms with Crippen molar-refractivity contribution in [3.05, 3.63) is 53.3 Å². The zero-order valence-corrected chi connectivity index (χ0v) is 15.2. The van der Waals surface area contributed by atoms with Crippen molar-refractivity contribution in [1.82, 2.24) is 14.7 Å². The van der Waals surface area contributed by atoms with Gasteiger partial charge in [0.1, 0.15) is 0 Å². The van der Waals surface area contributed by atoms with Crippen LogP contribution in [0, 0.1) is 12.8 Å². The first-order valence-corrected chi connectivity index (χ1v) is 9.46. The third kappa shape index (κ3) is 3.28. The molecule has 132 valence electrons. The van der Waals surface area contributed by atoms with E-state index in [1.54, 1.807) is 4.68 Å². The number of rotatable bonds is 4. The summed E-state index contributed by atoms with van der Waals surface area (Å²) in [6, 6.07) is 11.8. The van der Waals surface area contributed by atoms with Gasteiger partial charge in [0.2, 0.25) is 0 Å². The molecule has 4 heteroatoms.